The highest BCUT2D eigenvalue weighted by Gasteiger charge is 2.19. The van der Waals surface area contributed by atoms with Gasteiger partial charge in [0.1, 0.15) is 4.90 Å². The Morgan fingerprint density at radius 1 is 1.57 bits per heavy atom. The third kappa shape index (κ3) is 2.52. The van der Waals surface area contributed by atoms with Crippen molar-refractivity contribution in [2.45, 2.75) is 4.90 Å². The van der Waals surface area contributed by atoms with Crippen molar-refractivity contribution in [3.63, 3.8) is 0 Å². The van der Waals surface area contributed by atoms with Gasteiger partial charge in [-0.3, -0.25) is 4.98 Å². The van der Waals surface area contributed by atoms with Crippen molar-refractivity contribution >= 4 is 26.0 Å². The molecule has 0 aliphatic carbocycles. The summed E-state index contributed by atoms with van der Waals surface area (Å²) in [5, 5.41) is 0.614. The first-order valence-electron chi connectivity index (χ1n) is 4.01. The number of halogens is 1. The standard InChI is InChI=1S/C8H11BrN2O2S/c1-11(6-4-9)14(12,13)8-3-2-5-10-7-8/h2-3,5,7H,4,6H2,1H3. The predicted octanol–water partition coefficient (Wildman–Crippen LogP) is 1.10. The zero-order valence-corrected chi connectivity index (χ0v) is 10.1. The van der Waals surface area contributed by atoms with Crippen LogP contribution in [0.25, 0.3) is 0 Å². The lowest BCUT2D eigenvalue weighted by Gasteiger charge is -2.15. The molecule has 0 aliphatic heterocycles. The second-order valence-corrected chi connectivity index (χ2v) is 5.54. The van der Waals surface area contributed by atoms with Gasteiger partial charge in [-0.15, -0.1) is 0 Å². The molecule has 0 aliphatic rings. The Balaban J connectivity index is 2.97. The smallest absolute Gasteiger partial charge is 0.244 e. The summed E-state index contributed by atoms with van der Waals surface area (Å²) in [7, 11) is -1.82. The van der Waals surface area contributed by atoms with Gasteiger partial charge in [0.25, 0.3) is 0 Å². The molecule has 1 rings (SSSR count). The van der Waals surface area contributed by atoms with Crippen LogP contribution in [-0.4, -0.2) is 36.6 Å². The van der Waals surface area contributed by atoms with Crippen LogP contribution in [-0.2, 0) is 10.0 Å². The molecule has 0 N–H and O–H groups in total. The zero-order valence-electron chi connectivity index (χ0n) is 7.72. The van der Waals surface area contributed by atoms with Crippen molar-refractivity contribution in [2.24, 2.45) is 0 Å². The Labute approximate surface area is 92.1 Å². The molecule has 1 heterocycles. The molecule has 0 atom stereocenters. The minimum absolute atomic E-state index is 0.225. The average Bonchev–Trinajstić information content (AvgIpc) is 2.19. The maximum atomic E-state index is 11.8. The molecule has 1 aromatic heterocycles. The number of hydrogen-bond donors (Lipinski definition) is 0. The molecule has 0 spiro atoms. The van der Waals surface area contributed by atoms with Crippen molar-refractivity contribution in [1.82, 2.24) is 9.29 Å². The van der Waals surface area contributed by atoms with Crippen molar-refractivity contribution in [3.8, 4) is 0 Å². The van der Waals surface area contributed by atoms with Crippen LogP contribution in [0.2, 0.25) is 0 Å². The molecule has 0 unspecified atom stereocenters. The van der Waals surface area contributed by atoms with Crippen LogP contribution < -0.4 is 0 Å². The van der Waals surface area contributed by atoms with Gasteiger partial charge in [-0.25, -0.2) is 12.7 Å². The molecule has 4 nitrogen and oxygen atoms in total. The van der Waals surface area contributed by atoms with Gasteiger partial charge in [0, 0.05) is 31.3 Å². The van der Waals surface area contributed by atoms with Crippen molar-refractivity contribution in [2.75, 3.05) is 18.9 Å². The number of pyridine rings is 1. The number of rotatable bonds is 4. The van der Waals surface area contributed by atoms with Crippen LogP contribution in [0.15, 0.2) is 29.4 Å². The van der Waals surface area contributed by atoms with Crippen molar-refractivity contribution in [1.29, 1.82) is 0 Å². The second kappa shape index (κ2) is 4.86. The number of sulfonamides is 1. The second-order valence-electron chi connectivity index (χ2n) is 2.70. The Hall–Kier alpha value is -0.460. The highest BCUT2D eigenvalue weighted by atomic mass is 79.9. The number of alkyl halides is 1. The molecule has 0 saturated heterocycles. The molecule has 0 amide bonds. The van der Waals surface area contributed by atoms with Gasteiger partial charge in [0.05, 0.1) is 0 Å². The normalized spacial score (nSPS) is 11.9. The minimum Gasteiger partial charge on any atom is -0.263 e. The first-order valence-corrected chi connectivity index (χ1v) is 6.57. The Morgan fingerprint density at radius 2 is 2.29 bits per heavy atom. The summed E-state index contributed by atoms with van der Waals surface area (Å²) in [5.74, 6) is 0. The van der Waals surface area contributed by atoms with E-state index < -0.39 is 10.0 Å². The van der Waals surface area contributed by atoms with Gasteiger partial charge in [0.2, 0.25) is 10.0 Å². The van der Waals surface area contributed by atoms with Crippen LogP contribution in [0.4, 0.5) is 0 Å². The first kappa shape index (κ1) is 11.6. The maximum absolute atomic E-state index is 11.8. The van der Waals surface area contributed by atoms with E-state index in [9.17, 15) is 8.42 Å². The maximum Gasteiger partial charge on any atom is 0.244 e. The fourth-order valence-electron chi connectivity index (χ4n) is 0.919. The summed E-state index contributed by atoms with van der Waals surface area (Å²) in [6.07, 6.45) is 2.89. The molecule has 0 fully saturated rings. The summed E-state index contributed by atoms with van der Waals surface area (Å²) in [6.45, 7) is 0.442. The van der Waals surface area contributed by atoms with Gasteiger partial charge in [-0.1, -0.05) is 15.9 Å². The van der Waals surface area contributed by atoms with E-state index in [0.717, 1.165) is 0 Å². The quantitative estimate of drug-likeness (QED) is 0.775. The van der Waals surface area contributed by atoms with E-state index in [2.05, 4.69) is 20.9 Å². The number of aromatic nitrogens is 1. The van der Waals surface area contributed by atoms with Gasteiger partial charge >= 0.3 is 0 Å². The van der Waals surface area contributed by atoms with E-state index >= 15 is 0 Å². The highest BCUT2D eigenvalue weighted by molar-refractivity contribution is 9.09. The molecule has 0 radical (unpaired) electrons. The van der Waals surface area contributed by atoms with E-state index in [1.807, 2.05) is 0 Å². The first-order chi connectivity index (χ1) is 6.59. The largest absolute Gasteiger partial charge is 0.263 e. The Morgan fingerprint density at radius 3 is 2.79 bits per heavy atom. The minimum atomic E-state index is -3.36. The fourth-order valence-corrected chi connectivity index (χ4v) is 2.82. The van der Waals surface area contributed by atoms with Crippen molar-refractivity contribution in [3.05, 3.63) is 24.5 Å². The van der Waals surface area contributed by atoms with E-state index in [4.69, 9.17) is 0 Å². The highest BCUT2D eigenvalue weighted by Crippen LogP contribution is 2.11. The van der Waals surface area contributed by atoms with E-state index in [1.165, 1.54) is 16.6 Å². The number of nitrogens with zero attached hydrogens (tertiary/aromatic N) is 2. The summed E-state index contributed by atoms with van der Waals surface area (Å²) in [5.41, 5.74) is 0. The summed E-state index contributed by atoms with van der Waals surface area (Å²) in [6, 6.07) is 3.14. The molecular formula is C8H11BrN2O2S. The SMILES string of the molecule is CN(CCBr)S(=O)(=O)c1cccnc1. The Kier molecular flexibility index (Phi) is 4.03. The third-order valence-electron chi connectivity index (χ3n) is 1.74. The van der Waals surface area contributed by atoms with Crippen LogP contribution in [0.1, 0.15) is 0 Å². The van der Waals surface area contributed by atoms with Gasteiger partial charge < -0.3 is 0 Å². The molecule has 0 bridgehead atoms. The molecule has 14 heavy (non-hydrogen) atoms. The van der Waals surface area contributed by atoms with Crippen LogP contribution in [0.5, 0.6) is 0 Å². The summed E-state index contributed by atoms with van der Waals surface area (Å²) in [4.78, 5) is 4.00. The lowest BCUT2D eigenvalue weighted by Crippen LogP contribution is -2.28. The lowest BCUT2D eigenvalue weighted by molar-refractivity contribution is 0.489. The molecule has 78 valence electrons. The van der Waals surface area contributed by atoms with Crippen LogP contribution in [0.3, 0.4) is 0 Å². The zero-order chi connectivity index (χ0) is 10.6. The lowest BCUT2D eigenvalue weighted by atomic mass is 10.5. The van der Waals surface area contributed by atoms with Gasteiger partial charge in [-0.2, -0.15) is 0 Å². The van der Waals surface area contributed by atoms with E-state index in [0.29, 0.717) is 11.9 Å². The Bertz CT molecular complexity index is 380. The average molecular weight is 279 g/mol. The van der Waals surface area contributed by atoms with E-state index in [-0.39, 0.29) is 4.90 Å². The molecule has 6 heteroatoms. The fraction of sp³-hybridized carbons (Fsp3) is 0.375. The van der Waals surface area contributed by atoms with Crippen molar-refractivity contribution < 1.29 is 8.42 Å². The number of hydrogen-bond acceptors (Lipinski definition) is 3. The topological polar surface area (TPSA) is 50.3 Å². The van der Waals surface area contributed by atoms with Crippen LogP contribution in [0, 0.1) is 0 Å². The third-order valence-corrected chi connectivity index (χ3v) is 3.94. The summed E-state index contributed by atoms with van der Waals surface area (Å²) >= 11 is 3.19. The summed E-state index contributed by atoms with van der Waals surface area (Å²) < 4.78 is 24.9. The monoisotopic (exact) mass is 278 g/mol. The molecule has 1 aromatic rings. The predicted molar refractivity (Wildman–Crippen MR) is 57.8 cm³/mol. The molecular weight excluding hydrogens is 268 g/mol. The van der Waals surface area contributed by atoms with Gasteiger partial charge in [-0.05, 0) is 12.1 Å². The van der Waals surface area contributed by atoms with Crippen LogP contribution >= 0.6 is 15.9 Å². The molecule has 0 saturated carbocycles. The van der Waals surface area contributed by atoms with Gasteiger partial charge in [0.15, 0.2) is 0 Å². The molecule has 0 aromatic carbocycles. The van der Waals surface area contributed by atoms with E-state index in [1.54, 1.807) is 19.3 Å².